The standard InChI is InChI=1S/C28H39N3O4S/c1-3-26(32)30-24-9-11-31(19(2)12-24)36(34,35)25-6-4-23(5-7-25)29-27(33)8-10-28-16-20-13-21(17-28)15-22(14-20)18-28/h3-7,19-22,24H,1,8-18H2,2H3,(H,29,33)(H,30,32). The Balaban J connectivity index is 1.15. The van der Waals surface area contributed by atoms with E-state index in [1.807, 2.05) is 6.92 Å². The number of nitrogens with zero attached hydrogens (tertiary/aromatic N) is 1. The summed E-state index contributed by atoms with van der Waals surface area (Å²) >= 11 is 0. The van der Waals surface area contributed by atoms with Gasteiger partial charge in [-0.2, -0.15) is 4.31 Å². The third-order valence-corrected chi connectivity index (χ3v) is 11.2. The summed E-state index contributed by atoms with van der Waals surface area (Å²) in [7, 11) is -3.66. The molecule has 0 aromatic heterocycles. The van der Waals surface area contributed by atoms with Gasteiger partial charge in [0.05, 0.1) is 4.90 Å². The SMILES string of the molecule is C=CC(=O)NC1CCN(S(=O)(=O)c2ccc(NC(=O)CCC34CC5CC(CC(C5)C3)C4)cc2)C(C)C1. The van der Waals surface area contributed by atoms with Crippen LogP contribution in [0.4, 0.5) is 5.69 Å². The highest BCUT2D eigenvalue weighted by molar-refractivity contribution is 7.89. The summed E-state index contributed by atoms with van der Waals surface area (Å²) in [6.45, 7) is 5.67. The normalized spacial score (nSPS) is 33.8. The molecule has 196 valence electrons. The van der Waals surface area contributed by atoms with Crippen molar-refractivity contribution < 1.29 is 18.0 Å². The van der Waals surface area contributed by atoms with Crippen LogP contribution in [0.25, 0.3) is 0 Å². The van der Waals surface area contributed by atoms with Crippen LogP contribution in [0.15, 0.2) is 41.8 Å². The Bertz CT molecular complexity index is 1080. The molecule has 2 amide bonds. The Morgan fingerprint density at radius 1 is 1.06 bits per heavy atom. The average molecular weight is 514 g/mol. The second kappa shape index (κ2) is 9.93. The van der Waals surface area contributed by atoms with Crippen molar-refractivity contribution in [2.24, 2.45) is 23.2 Å². The van der Waals surface area contributed by atoms with Crippen LogP contribution in [0.1, 0.15) is 71.1 Å². The number of carbonyl (C=O) groups is 2. The minimum absolute atomic E-state index is 0.0126. The number of sulfonamides is 1. The first-order valence-electron chi connectivity index (χ1n) is 13.5. The Hall–Kier alpha value is -2.19. The number of hydrogen-bond donors (Lipinski definition) is 2. The van der Waals surface area contributed by atoms with E-state index in [0.29, 0.717) is 36.9 Å². The predicted octanol–water partition coefficient (Wildman–Crippen LogP) is 4.47. The first-order chi connectivity index (χ1) is 17.2. The summed E-state index contributed by atoms with van der Waals surface area (Å²) in [5, 5.41) is 5.84. The number of piperidine rings is 1. The molecule has 1 aliphatic heterocycles. The van der Waals surface area contributed by atoms with Crippen molar-refractivity contribution in [1.29, 1.82) is 0 Å². The minimum Gasteiger partial charge on any atom is -0.350 e. The Morgan fingerprint density at radius 2 is 1.67 bits per heavy atom. The van der Waals surface area contributed by atoms with E-state index < -0.39 is 10.0 Å². The van der Waals surface area contributed by atoms with Gasteiger partial charge in [0, 0.05) is 30.7 Å². The highest BCUT2D eigenvalue weighted by Crippen LogP contribution is 2.61. The third kappa shape index (κ3) is 5.25. The van der Waals surface area contributed by atoms with E-state index in [0.717, 1.165) is 24.2 Å². The fraction of sp³-hybridized carbons (Fsp3) is 0.643. The molecule has 1 heterocycles. The van der Waals surface area contributed by atoms with Crippen LogP contribution in [0.2, 0.25) is 0 Å². The summed E-state index contributed by atoms with van der Waals surface area (Å²) < 4.78 is 28.0. The van der Waals surface area contributed by atoms with Crippen molar-refractivity contribution in [1.82, 2.24) is 9.62 Å². The molecule has 4 aliphatic carbocycles. The van der Waals surface area contributed by atoms with E-state index in [1.54, 1.807) is 24.3 Å². The van der Waals surface area contributed by atoms with Crippen molar-refractivity contribution in [2.75, 3.05) is 11.9 Å². The van der Waals surface area contributed by atoms with Crippen LogP contribution in [0.5, 0.6) is 0 Å². The van der Waals surface area contributed by atoms with E-state index >= 15 is 0 Å². The summed E-state index contributed by atoms with van der Waals surface area (Å²) in [5.74, 6) is 2.42. The lowest BCUT2D eigenvalue weighted by molar-refractivity contribution is -0.119. The van der Waals surface area contributed by atoms with Gasteiger partial charge in [-0.05, 0) is 118 Å². The number of nitrogens with one attached hydrogen (secondary N) is 2. The Morgan fingerprint density at radius 3 is 2.22 bits per heavy atom. The predicted molar refractivity (Wildman–Crippen MR) is 140 cm³/mol. The molecule has 36 heavy (non-hydrogen) atoms. The van der Waals surface area contributed by atoms with Crippen molar-refractivity contribution in [3.63, 3.8) is 0 Å². The van der Waals surface area contributed by atoms with Crippen LogP contribution in [-0.4, -0.2) is 43.2 Å². The number of rotatable bonds is 8. The van der Waals surface area contributed by atoms with Crippen molar-refractivity contribution >= 4 is 27.5 Å². The number of benzene rings is 1. The van der Waals surface area contributed by atoms with Gasteiger partial charge in [0.2, 0.25) is 21.8 Å². The lowest BCUT2D eigenvalue weighted by Crippen LogP contribution is -2.50. The topological polar surface area (TPSA) is 95.6 Å². The fourth-order valence-electron chi connectivity index (χ4n) is 7.94. The van der Waals surface area contributed by atoms with E-state index in [4.69, 9.17) is 0 Å². The lowest BCUT2D eigenvalue weighted by Gasteiger charge is -2.57. The molecule has 1 aromatic carbocycles. The van der Waals surface area contributed by atoms with Gasteiger partial charge < -0.3 is 10.6 Å². The van der Waals surface area contributed by atoms with Crippen molar-refractivity contribution in [2.45, 2.75) is 88.1 Å². The number of amides is 2. The molecule has 1 aromatic rings. The van der Waals surface area contributed by atoms with Gasteiger partial charge in [-0.25, -0.2) is 8.42 Å². The van der Waals surface area contributed by atoms with E-state index in [9.17, 15) is 18.0 Å². The van der Waals surface area contributed by atoms with E-state index in [1.165, 1.54) is 48.9 Å². The molecule has 4 bridgehead atoms. The van der Waals surface area contributed by atoms with Gasteiger partial charge in [0.15, 0.2) is 0 Å². The molecule has 8 heteroatoms. The highest BCUT2D eigenvalue weighted by atomic mass is 32.2. The zero-order valence-corrected chi connectivity index (χ0v) is 22.1. The molecule has 2 unspecified atom stereocenters. The molecule has 5 aliphatic rings. The average Bonchev–Trinajstić information content (AvgIpc) is 2.82. The molecule has 2 atom stereocenters. The molecule has 0 radical (unpaired) electrons. The largest absolute Gasteiger partial charge is 0.350 e. The van der Waals surface area contributed by atoms with Crippen LogP contribution in [0, 0.1) is 23.2 Å². The fourth-order valence-corrected chi connectivity index (χ4v) is 9.60. The van der Waals surface area contributed by atoms with Crippen molar-refractivity contribution in [3.8, 4) is 0 Å². The number of anilines is 1. The third-order valence-electron chi connectivity index (χ3n) is 9.14. The molecular formula is C28H39N3O4S. The Kier molecular flexibility index (Phi) is 7.03. The van der Waals surface area contributed by atoms with Gasteiger partial charge in [-0.15, -0.1) is 0 Å². The second-order valence-electron chi connectivity index (χ2n) is 11.9. The zero-order valence-electron chi connectivity index (χ0n) is 21.2. The Labute approximate surface area is 215 Å². The molecule has 2 N–H and O–H groups in total. The summed E-state index contributed by atoms with van der Waals surface area (Å²) in [6.07, 6.45) is 12.0. The van der Waals surface area contributed by atoms with E-state index in [2.05, 4.69) is 17.2 Å². The van der Waals surface area contributed by atoms with Crippen molar-refractivity contribution in [3.05, 3.63) is 36.9 Å². The summed E-state index contributed by atoms with van der Waals surface area (Å²) in [6, 6.07) is 6.20. The maximum absolute atomic E-state index is 13.3. The maximum atomic E-state index is 13.3. The van der Waals surface area contributed by atoms with Gasteiger partial charge >= 0.3 is 0 Å². The molecule has 7 nitrogen and oxygen atoms in total. The molecule has 6 rings (SSSR count). The van der Waals surface area contributed by atoms with Crippen LogP contribution in [-0.2, 0) is 19.6 Å². The second-order valence-corrected chi connectivity index (χ2v) is 13.8. The molecular weight excluding hydrogens is 474 g/mol. The quantitative estimate of drug-likeness (QED) is 0.502. The number of carbonyl (C=O) groups excluding carboxylic acids is 2. The molecule has 5 fully saturated rings. The van der Waals surface area contributed by atoms with Crippen LogP contribution >= 0.6 is 0 Å². The zero-order chi connectivity index (χ0) is 25.5. The molecule has 0 spiro atoms. The summed E-state index contributed by atoms with van der Waals surface area (Å²) in [5.41, 5.74) is 1.01. The smallest absolute Gasteiger partial charge is 0.243 e. The summed E-state index contributed by atoms with van der Waals surface area (Å²) in [4.78, 5) is 24.5. The first-order valence-corrected chi connectivity index (χ1v) is 14.9. The number of hydrogen-bond acceptors (Lipinski definition) is 4. The lowest BCUT2D eigenvalue weighted by atomic mass is 9.48. The van der Waals surface area contributed by atoms with E-state index in [-0.39, 0.29) is 28.8 Å². The van der Waals surface area contributed by atoms with Crippen LogP contribution < -0.4 is 10.6 Å². The van der Waals surface area contributed by atoms with Gasteiger partial charge in [-0.1, -0.05) is 6.58 Å². The monoisotopic (exact) mass is 513 g/mol. The molecule has 1 saturated heterocycles. The van der Waals surface area contributed by atoms with Crippen LogP contribution in [0.3, 0.4) is 0 Å². The van der Waals surface area contributed by atoms with Gasteiger partial charge in [-0.3, -0.25) is 9.59 Å². The highest BCUT2D eigenvalue weighted by Gasteiger charge is 2.50. The minimum atomic E-state index is -3.66. The molecule has 4 saturated carbocycles. The van der Waals surface area contributed by atoms with Gasteiger partial charge in [0.1, 0.15) is 0 Å². The maximum Gasteiger partial charge on any atom is 0.243 e. The van der Waals surface area contributed by atoms with Gasteiger partial charge in [0.25, 0.3) is 0 Å². The first kappa shape index (κ1) is 25.5.